The van der Waals surface area contributed by atoms with Gasteiger partial charge in [0.2, 0.25) is 5.91 Å². The summed E-state index contributed by atoms with van der Waals surface area (Å²) in [6.07, 6.45) is 0.580. The summed E-state index contributed by atoms with van der Waals surface area (Å²) in [5.74, 6) is -0.155. The Kier molecular flexibility index (Phi) is 5.10. The molecule has 1 aromatic carbocycles. The SMILES string of the molecule is CCC(C)(C(=O)Nc1ccc(C)c(I)c1)C(N)=S. The van der Waals surface area contributed by atoms with Crippen LogP contribution < -0.4 is 11.1 Å². The van der Waals surface area contributed by atoms with Crippen molar-refractivity contribution in [3.8, 4) is 0 Å². The lowest BCUT2D eigenvalue weighted by Gasteiger charge is -2.25. The van der Waals surface area contributed by atoms with Crippen LogP contribution in [0.2, 0.25) is 0 Å². The van der Waals surface area contributed by atoms with Gasteiger partial charge in [0.05, 0.1) is 10.4 Å². The fourth-order valence-corrected chi connectivity index (χ4v) is 2.14. The Morgan fingerprint density at radius 1 is 1.56 bits per heavy atom. The van der Waals surface area contributed by atoms with E-state index in [1.807, 2.05) is 32.0 Å². The van der Waals surface area contributed by atoms with Crippen LogP contribution in [-0.4, -0.2) is 10.9 Å². The Hall–Kier alpha value is -0.690. The van der Waals surface area contributed by atoms with Crippen LogP contribution in [0.3, 0.4) is 0 Å². The van der Waals surface area contributed by atoms with E-state index in [2.05, 4.69) is 27.9 Å². The third kappa shape index (κ3) is 3.20. The lowest BCUT2D eigenvalue weighted by molar-refractivity contribution is -0.121. The first-order valence-corrected chi connectivity index (χ1v) is 7.17. The van der Waals surface area contributed by atoms with Crippen molar-refractivity contribution in [2.45, 2.75) is 27.2 Å². The van der Waals surface area contributed by atoms with Gasteiger partial charge in [0.15, 0.2) is 0 Å². The highest BCUT2D eigenvalue weighted by Gasteiger charge is 2.34. The van der Waals surface area contributed by atoms with Crippen LogP contribution in [0.1, 0.15) is 25.8 Å². The normalized spacial score (nSPS) is 13.8. The van der Waals surface area contributed by atoms with Gasteiger partial charge in [-0.05, 0) is 60.6 Å². The van der Waals surface area contributed by atoms with Gasteiger partial charge in [-0.1, -0.05) is 25.2 Å². The summed E-state index contributed by atoms with van der Waals surface area (Å²) in [5.41, 5.74) is 6.81. The van der Waals surface area contributed by atoms with Gasteiger partial charge in [-0.2, -0.15) is 0 Å². The van der Waals surface area contributed by atoms with Crippen LogP contribution in [0.5, 0.6) is 0 Å². The number of amides is 1. The third-order valence-corrected chi connectivity index (χ3v) is 4.79. The first-order valence-electron chi connectivity index (χ1n) is 5.68. The Bertz CT molecular complexity index is 490. The molecule has 0 aliphatic heterocycles. The summed E-state index contributed by atoms with van der Waals surface area (Å²) in [4.78, 5) is 12.4. The van der Waals surface area contributed by atoms with Crippen LogP contribution in [0.25, 0.3) is 0 Å². The van der Waals surface area contributed by atoms with Gasteiger partial charge < -0.3 is 11.1 Å². The monoisotopic (exact) mass is 376 g/mol. The summed E-state index contributed by atoms with van der Waals surface area (Å²) < 4.78 is 1.11. The van der Waals surface area contributed by atoms with Crippen molar-refractivity contribution >= 4 is 51.4 Å². The summed E-state index contributed by atoms with van der Waals surface area (Å²) in [7, 11) is 0. The predicted octanol–water partition coefficient (Wildman–Crippen LogP) is 3.24. The molecule has 1 atom stereocenters. The van der Waals surface area contributed by atoms with Crippen LogP contribution in [-0.2, 0) is 4.79 Å². The van der Waals surface area contributed by atoms with Crippen molar-refractivity contribution in [2.75, 3.05) is 5.32 Å². The van der Waals surface area contributed by atoms with Gasteiger partial charge in [0.25, 0.3) is 0 Å². The quantitative estimate of drug-likeness (QED) is 0.627. The zero-order valence-electron chi connectivity index (χ0n) is 10.7. The molecule has 98 valence electrons. The number of halogens is 1. The Morgan fingerprint density at radius 3 is 2.61 bits per heavy atom. The Balaban J connectivity index is 2.93. The number of carbonyl (C=O) groups is 1. The molecule has 3 nitrogen and oxygen atoms in total. The molecular weight excluding hydrogens is 359 g/mol. The van der Waals surface area contributed by atoms with Gasteiger partial charge in [0.1, 0.15) is 0 Å². The molecule has 0 heterocycles. The maximum atomic E-state index is 12.2. The van der Waals surface area contributed by atoms with Crippen LogP contribution in [0.15, 0.2) is 18.2 Å². The van der Waals surface area contributed by atoms with Crippen molar-refractivity contribution in [1.29, 1.82) is 0 Å². The van der Waals surface area contributed by atoms with Crippen molar-refractivity contribution in [1.82, 2.24) is 0 Å². The molecule has 0 bridgehead atoms. The minimum atomic E-state index is -0.800. The molecule has 18 heavy (non-hydrogen) atoms. The molecule has 0 aliphatic carbocycles. The number of carbonyl (C=O) groups excluding carboxylic acids is 1. The second-order valence-electron chi connectivity index (χ2n) is 4.47. The molecule has 0 fully saturated rings. The molecule has 0 aromatic heterocycles. The summed E-state index contributed by atoms with van der Waals surface area (Å²) in [5, 5.41) is 2.87. The zero-order valence-corrected chi connectivity index (χ0v) is 13.7. The van der Waals surface area contributed by atoms with E-state index in [9.17, 15) is 4.79 Å². The number of aryl methyl sites for hydroxylation is 1. The highest BCUT2D eigenvalue weighted by molar-refractivity contribution is 14.1. The predicted molar refractivity (Wildman–Crippen MR) is 87.7 cm³/mol. The number of hydrogen-bond acceptors (Lipinski definition) is 2. The van der Waals surface area contributed by atoms with E-state index in [0.29, 0.717) is 6.42 Å². The van der Waals surface area contributed by atoms with E-state index < -0.39 is 5.41 Å². The van der Waals surface area contributed by atoms with E-state index >= 15 is 0 Å². The van der Waals surface area contributed by atoms with Gasteiger partial charge in [-0.25, -0.2) is 0 Å². The minimum absolute atomic E-state index is 0.155. The molecule has 1 aromatic rings. The largest absolute Gasteiger partial charge is 0.392 e. The molecule has 0 spiro atoms. The number of benzene rings is 1. The van der Waals surface area contributed by atoms with E-state index in [1.165, 1.54) is 5.56 Å². The number of thiocarbonyl (C=S) groups is 1. The molecule has 0 saturated heterocycles. The summed E-state index contributed by atoms with van der Waals surface area (Å²) in [6, 6.07) is 5.79. The van der Waals surface area contributed by atoms with E-state index in [-0.39, 0.29) is 10.9 Å². The van der Waals surface area contributed by atoms with Gasteiger partial charge in [-0.3, -0.25) is 4.79 Å². The maximum absolute atomic E-state index is 12.2. The number of rotatable bonds is 4. The Labute approximate surface area is 127 Å². The lowest BCUT2D eigenvalue weighted by Crippen LogP contribution is -2.43. The average molecular weight is 376 g/mol. The molecule has 0 aliphatic rings. The second-order valence-corrected chi connectivity index (χ2v) is 6.07. The number of nitrogens with two attached hydrogens (primary N) is 1. The van der Waals surface area contributed by atoms with Crippen molar-refractivity contribution in [2.24, 2.45) is 11.1 Å². The van der Waals surface area contributed by atoms with Crippen molar-refractivity contribution in [3.63, 3.8) is 0 Å². The van der Waals surface area contributed by atoms with E-state index in [4.69, 9.17) is 18.0 Å². The minimum Gasteiger partial charge on any atom is -0.392 e. The number of nitrogens with one attached hydrogen (secondary N) is 1. The first-order chi connectivity index (χ1) is 8.31. The third-order valence-electron chi connectivity index (χ3n) is 3.18. The molecule has 3 N–H and O–H groups in total. The highest BCUT2D eigenvalue weighted by Crippen LogP contribution is 2.25. The molecule has 1 unspecified atom stereocenters. The van der Waals surface area contributed by atoms with E-state index in [1.54, 1.807) is 6.92 Å². The fourth-order valence-electron chi connectivity index (χ4n) is 1.39. The Morgan fingerprint density at radius 2 is 2.17 bits per heavy atom. The van der Waals surface area contributed by atoms with Crippen molar-refractivity contribution in [3.05, 3.63) is 27.3 Å². The zero-order chi connectivity index (χ0) is 13.9. The van der Waals surface area contributed by atoms with E-state index in [0.717, 1.165) is 9.26 Å². The molecule has 1 rings (SSSR count). The fraction of sp³-hybridized carbons (Fsp3) is 0.385. The molecule has 5 heteroatoms. The van der Waals surface area contributed by atoms with Crippen LogP contribution in [0.4, 0.5) is 5.69 Å². The van der Waals surface area contributed by atoms with Gasteiger partial charge in [0, 0.05) is 9.26 Å². The molecular formula is C13H17IN2OS. The lowest BCUT2D eigenvalue weighted by atomic mass is 9.86. The van der Waals surface area contributed by atoms with Crippen molar-refractivity contribution < 1.29 is 4.79 Å². The molecule has 1 amide bonds. The highest BCUT2D eigenvalue weighted by atomic mass is 127. The van der Waals surface area contributed by atoms with Crippen LogP contribution in [0, 0.1) is 15.9 Å². The summed E-state index contributed by atoms with van der Waals surface area (Å²) >= 11 is 7.22. The second kappa shape index (κ2) is 5.97. The smallest absolute Gasteiger partial charge is 0.237 e. The van der Waals surface area contributed by atoms with Gasteiger partial charge in [-0.15, -0.1) is 0 Å². The maximum Gasteiger partial charge on any atom is 0.237 e. The standard InChI is InChI=1S/C13H17IN2OS/c1-4-13(3,11(15)18)12(17)16-9-6-5-8(2)10(14)7-9/h5-7H,4H2,1-3H3,(H2,15,18)(H,16,17). The number of anilines is 1. The first kappa shape index (κ1) is 15.4. The van der Waals surface area contributed by atoms with Crippen LogP contribution >= 0.6 is 34.8 Å². The molecule has 0 radical (unpaired) electrons. The van der Waals surface area contributed by atoms with Gasteiger partial charge >= 0.3 is 0 Å². The average Bonchev–Trinajstić information content (AvgIpc) is 2.32. The molecule has 0 saturated carbocycles. The topological polar surface area (TPSA) is 55.1 Å². The number of hydrogen-bond donors (Lipinski definition) is 2. The summed E-state index contributed by atoms with van der Waals surface area (Å²) in [6.45, 7) is 5.69.